The highest BCUT2D eigenvalue weighted by molar-refractivity contribution is 7.13. The fourth-order valence-electron chi connectivity index (χ4n) is 6.53. The van der Waals surface area contributed by atoms with Crippen molar-refractivity contribution in [3.63, 3.8) is 0 Å². The Bertz CT molecular complexity index is 1760. The SMILES string of the molecule is NC1(C(=O)Nc2nc(Cc3ccc(-c4ccncc4)cc3)cs2)CC2([N+](=O)[O-])c3ccccc3C1c1ccccc12. The number of fused-ring (bicyclic) bond motifs is 1. The third-order valence-corrected chi connectivity index (χ3v) is 9.16. The molecule has 0 aliphatic heterocycles. The van der Waals surface area contributed by atoms with Crippen LogP contribution in [-0.4, -0.2) is 26.3 Å². The third kappa shape index (κ3) is 3.88. The summed E-state index contributed by atoms with van der Waals surface area (Å²) >= 11 is 1.32. The highest BCUT2D eigenvalue weighted by Crippen LogP contribution is 2.59. The zero-order valence-electron chi connectivity index (χ0n) is 21.9. The number of thiazole rings is 1. The van der Waals surface area contributed by atoms with Gasteiger partial charge in [-0.3, -0.25) is 19.9 Å². The summed E-state index contributed by atoms with van der Waals surface area (Å²) in [4.78, 5) is 35.1. The monoisotopic (exact) mass is 559 g/mol. The first-order valence-electron chi connectivity index (χ1n) is 13.3. The Morgan fingerprint density at radius 2 is 1.56 bits per heavy atom. The van der Waals surface area contributed by atoms with Gasteiger partial charge in [0.1, 0.15) is 5.54 Å². The molecule has 3 aliphatic rings. The smallest absolute Gasteiger partial charge is 0.274 e. The second-order valence-electron chi connectivity index (χ2n) is 10.6. The predicted octanol–water partition coefficient (Wildman–Crippen LogP) is 5.50. The number of hydrogen-bond donors (Lipinski definition) is 2. The van der Waals surface area contributed by atoms with E-state index >= 15 is 0 Å². The van der Waals surface area contributed by atoms with Gasteiger partial charge in [0.05, 0.1) is 12.1 Å². The Hall–Kier alpha value is -4.73. The number of benzene rings is 3. The first-order valence-corrected chi connectivity index (χ1v) is 14.2. The molecule has 41 heavy (non-hydrogen) atoms. The van der Waals surface area contributed by atoms with Gasteiger partial charge in [-0.1, -0.05) is 72.8 Å². The molecule has 8 nitrogen and oxygen atoms in total. The topological polar surface area (TPSA) is 124 Å². The van der Waals surface area contributed by atoms with E-state index in [1.54, 1.807) is 36.7 Å². The van der Waals surface area contributed by atoms with Crippen LogP contribution in [-0.2, 0) is 16.8 Å². The van der Waals surface area contributed by atoms with Crippen LogP contribution in [0.4, 0.5) is 5.13 Å². The lowest BCUT2D eigenvalue weighted by atomic mass is 9.52. The van der Waals surface area contributed by atoms with Gasteiger partial charge in [0.15, 0.2) is 5.13 Å². The van der Waals surface area contributed by atoms with Gasteiger partial charge in [-0.05, 0) is 39.9 Å². The van der Waals surface area contributed by atoms with E-state index in [1.807, 2.05) is 41.8 Å². The van der Waals surface area contributed by atoms with Gasteiger partial charge in [-0.25, -0.2) is 4.98 Å². The maximum absolute atomic E-state index is 13.9. The Morgan fingerprint density at radius 3 is 2.20 bits per heavy atom. The second kappa shape index (κ2) is 9.43. The highest BCUT2D eigenvalue weighted by Gasteiger charge is 2.67. The fourth-order valence-corrected chi connectivity index (χ4v) is 7.24. The maximum atomic E-state index is 13.9. The molecule has 0 saturated heterocycles. The van der Waals surface area contributed by atoms with Crippen LogP contribution in [0.1, 0.15) is 45.8 Å². The first kappa shape index (κ1) is 25.3. The number of hydrogen-bond acceptors (Lipinski definition) is 7. The molecule has 1 unspecified atom stereocenters. The van der Waals surface area contributed by atoms with Gasteiger partial charge in [-0.15, -0.1) is 11.3 Å². The molecule has 9 heteroatoms. The molecule has 0 saturated carbocycles. The van der Waals surface area contributed by atoms with Crippen molar-refractivity contribution in [3.05, 3.63) is 146 Å². The molecule has 1 atom stereocenters. The maximum Gasteiger partial charge on any atom is 0.274 e. The van der Waals surface area contributed by atoms with Crippen LogP contribution in [0.5, 0.6) is 0 Å². The molecule has 0 radical (unpaired) electrons. The number of nitrogens with zero attached hydrogens (tertiary/aromatic N) is 3. The Balaban J connectivity index is 1.16. The molecular weight excluding hydrogens is 534 g/mol. The molecule has 2 bridgehead atoms. The van der Waals surface area contributed by atoms with E-state index in [-0.39, 0.29) is 11.3 Å². The molecule has 3 aromatic carbocycles. The lowest BCUT2D eigenvalue weighted by Crippen LogP contribution is -2.66. The highest BCUT2D eigenvalue weighted by atomic mass is 32.1. The fraction of sp³-hybridized carbons (Fsp3) is 0.156. The van der Waals surface area contributed by atoms with E-state index in [9.17, 15) is 14.9 Å². The lowest BCUT2D eigenvalue weighted by molar-refractivity contribution is -0.571. The average Bonchev–Trinajstić information content (AvgIpc) is 3.44. The summed E-state index contributed by atoms with van der Waals surface area (Å²) in [5.74, 6) is -0.990. The number of carbonyl (C=O) groups excluding carboxylic acids is 1. The molecule has 2 heterocycles. The normalized spacial score (nSPS) is 22.0. The van der Waals surface area contributed by atoms with Crippen LogP contribution in [0.3, 0.4) is 0 Å². The van der Waals surface area contributed by atoms with Gasteiger partial charge < -0.3 is 11.1 Å². The molecular formula is C32H25N5O3S. The van der Waals surface area contributed by atoms with Crippen LogP contribution >= 0.6 is 11.3 Å². The molecule has 5 aromatic rings. The number of pyridine rings is 1. The Kier molecular flexibility index (Phi) is 5.81. The van der Waals surface area contributed by atoms with Crippen molar-refractivity contribution in [1.82, 2.24) is 9.97 Å². The van der Waals surface area contributed by atoms with E-state index in [4.69, 9.17) is 5.73 Å². The van der Waals surface area contributed by atoms with Crippen molar-refractivity contribution in [1.29, 1.82) is 0 Å². The lowest BCUT2D eigenvalue weighted by Gasteiger charge is -2.51. The number of anilines is 1. The average molecular weight is 560 g/mol. The summed E-state index contributed by atoms with van der Waals surface area (Å²) in [6.07, 6.45) is 4.00. The van der Waals surface area contributed by atoms with E-state index in [1.165, 1.54) is 11.3 Å². The Morgan fingerprint density at radius 1 is 0.951 bits per heavy atom. The molecule has 1 amide bonds. The number of aromatic nitrogens is 2. The summed E-state index contributed by atoms with van der Waals surface area (Å²) in [6.45, 7) is 0. The van der Waals surface area contributed by atoms with Crippen molar-refractivity contribution < 1.29 is 9.72 Å². The van der Waals surface area contributed by atoms with Crippen LogP contribution in [0, 0.1) is 10.1 Å². The number of nitro groups is 1. The standard InChI is InChI=1S/C32H25N5O3S/c33-31(19-32(37(39)40)26-7-3-1-5-24(26)28(31)25-6-2-4-8-27(25)32)29(38)36-30-35-23(18-41-30)17-20-9-11-21(12-10-20)22-13-15-34-16-14-22/h1-16,18,28H,17,19,33H2,(H,35,36,38). The van der Waals surface area contributed by atoms with Crippen LogP contribution in [0.25, 0.3) is 11.1 Å². The number of nitrogens with two attached hydrogens (primary N) is 1. The quantitative estimate of drug-likeness (QED) is 0.209. The van der Waals surface area contributed by atoms with Gasteiger partial charge in [0, 0.05) is 46.2 Å². The van der Waals surface area contributed by atoms with Gasteiger partial charge in [0.2, 0.25) is 5.91 Å². The van der Waals surface area contributed by atoms with Crippen molar-refractivity contribution in [2.75, 3.05) is 5.32 Å². The minimum absolute atomic E-state index is 0.139. The number of nitrogens with one attached hydrogen (secondary N) is 1. The molecule has 3 N–H and O–H groups in total. The molecule has 3 aliphatic carbocycles. The summed E-state index contributed by atoms with van der Waals surface area (Å²) in [5.41, 5.74) is 10.6. The molecule has 0 fully saturated rings. The predicted molar refractivity (Wildman–Crippen MR) is 157 cm³/mol. The van der Waals surface area contributed by atoms with Crippen molar-refractivity contribution in [2.24, 2.45) is 5.73 Å². The van der Waals surface area contributed by atoms with Gasteiger partial charge in [0.25, 0.3) is 5.54 Å². The zero-order chi connectivity index (χ0) is 28.2. The van der Waals surface area contributed by atoms with Crippen LogP contribution in [0.15, 0.2) is 103 Å². The van der Waals surface area contributed by atoms with E-state index in [0.717, 1.165) is 33.5 Å². The van der Waals surface area contributed by atoms with Crippen molar-refractivity contribution in [2.45, 2.75) is 29.8 Å². The zero-order valence-corrected chi connectivity index (χ0v) is 22.7. The third-order valence-electron chi connectivity index (χ3n) is 8.36. The van der Waals surface area contributed by atoms with Crippen molar-refractivity contribution in [3.8, 4) is 11.1 Å². The largest absolute Gasteiger partial charge is 0.316 e. The molecule has 0 spiro atoms. The molecule has 2 aromatic heterocycles. The summed E-state index contributed by atoms with van der Waals surface area (Å²) in [6, 6.07) is 26.8. The number of carbonyl (C=O) groups is 1. The molecule has 8 rings (SSSR count). The van der Waals surface area contributed by atoms with Crippen LogP contribution < -0.4 is 11.1 Å². The summed E-state index contributed by atoms with van der Waals surface area (Å²) in [5, 5.41) is 18.0. The van der Waals surface area contributed by atoms with E-state index in [2.05, 4.69) is 39.6 Å². The second-order valence-corrected chi connectivity index (χ2v) is 11.5. The summed E-state index contributed by atoms with van der Waals surface area (Å²) in [7, 11) is 0. The number of rotatable bonds is 6. The van der Waals surface area contributed by atoms with E-state index < -0.39 is 22.9 Å². The Labute approximate surface area is 240 Å². The van der Waals surface area contributed by atoms with Gasteiger partial charge >= 0.3 is 0 Å². The molecule has 202 valence electrons. The minimum Gasteiger partial charge on any atom is -0.316 e. The van der Waals surface area contributed by atoms with E-state index in [0.29, 0.717) is 22.7 Å². The van der Waals surface area contributed by atoms with Crippen LogP contribution in [0.2, 0.25) is 0 Å². The summed E-state index contributed by atoms with van der Waals surface area (Å²) < 4.78 is 0. The first-order chi connectivity index (χ1) is 19.9. The number of amides is 1. The van der Waals surface area contributed by atoms with Gasteiger partial charge in [-0.2, -0.15) is 0 Å². The van der Waals surface area contributed by atoms with Crippen molar-refractivity contribution >= 4 is 22.4 Å². The minimum atomic E-state index is -1.61.